The molecule has 1 amide bonds. The van der Waals surface area contributed by atoms with E-state index in [0.717, 1.165) is 5.01 Å². The lowest BCUT2D eigenvalue weighted by molar-refractivity contribution is -0.121. The number of carbonyl (C=O) groups is 1. The number of aromatic nitrogens is 2. The monoisotopic (exact) mass is 242 g/mol. The zero-order chi connectivity index (χ0) is 12.3. The zero-order valence-corrected chi connectivity index (χ0v) is 11.1. The van der Waals surface area contributed by atoms with Gasteiger partial charge < -0.3 is 0 Å². The van der Waals surface area contributed by atoms with Gasteiger partial charge in [-0.25, -0.2) is 0 Å². The predicted molar refractivity (Wildman–Crippen MR) is 65.6 cm³/mol. The van der Waals surface area contributed by atoms with Crippen molar-refractivity contribution >= 4 is 22.4 Å². The molecule has 0 spiro atoms. The van der Waals surface area contributed by atoms with E-state index in [1.165, 1.54) is 11.3 Å². The number of aryl methyl sites for hydroxylation is 1. The molecule has 0 aliphatic carbocycles. The molecule has 1 heterocycles. The smallest absolute Gasteiger partial charge is 0.243 e. The number of hydrogen-bond acceptors (Lipinski definition) is 5. The van der Waals surface area contributed by atoms with E-state index in [9.17, 15) is 4.79 Å². The molecule has 0 bridgehead atoms. The van der Waals surface area contributed by atoms with Crippen LogP contribution in [-0.4, -0.2) is 41.1 Å². The molecular formula is C10H18N4OS. The van der Waals surface area contributed by atoms with Gasteiger partial charge in [0, 0.05) is 0 Å². The molecule has 0 saturated carbocycles. The van der Waals surface area contributed by atoms with Gasteiger partial charge in [-0.3, -0.25) is 15.0 Å². The van der Waals surface area contributed by atoms with Gasteiger partial charge in [0.15, 0.2) is 0 Å². The highest BCUT2D eigenvalue weighted by molar-refractivity contribution is 7.15. The third-order valence-corrected chi connectivity index (χ3v) is 2.97. The molecule has 0 saturated heterocycles. The molecule has 16 heavy (non-hydrogen) atoms. The first-order chi connectivity index (χ1) is 7.41. The summed E-state index contributed by atoms with van der Waals surface area (Å²) in [7, 11) is 3.80. The van der Waals surface area contributed by atoms with E-state index < -0.39 is 0 Å². The third kappa shape index (κ3) is 3.24. The Morgan fingerprint density at radius 2 is 2.00 bits per heavy atom. The molecule has 5 nitrogen and oxygen atoms in total. The second-order valence-corrected chi connectivity index (χ2v) is 5.45. The summed E-state index contributed by atoms with van der Waals surface area (Å²) in [5, 5.41) is 11.9. The van der Waals surface area contributed by atoms with E-state index in [2.05, 4.69) is 15.5 Å². The maximum Gasteiger partial charge on any atom is 0.243 e. The lowest BCUT2D eigenvalue weighted by atomic mass is 10.0. The number of likely N-dealkylation sites (N-methyl/N-ethyl adjacent to an activating group) is 1. The van der Waals surface area contributed by atoms with Crippen LogP contribution in [0.2, 0.25) is 0 Å². The third-order valence-electron chi connectivity index (χ3n) is 2.21. The standard InChI is InChI=1S/C10H18N4OS/c1-6(2)8(14(4)5)9(15)11-10-13-12-7(3)16-10/h6,8H,1-5H3,(H,11,13,15)/t8-/m0/s1. The number of amides is 1. The summed E-state index contributed by atoms with van der Waals surface area (Å²) in [6.07, 6.45) is 0. The summed E-state index contributed by atoms with van der Waals surface area (Å²) in [6.45, 7) is 5.91. The maximum absolute atomic E-state index is 12.0. The Morgan fingerprint density at radius 3 is 2.38 bits per heavy atom. The van der Waals surface area contributed by atoms with Gasteiger partial charge in [0.05, 0.1) is 6.04 Å². The van der Waals surface area contributed by atoms with Gasteiger partial charge in [-0.05, 0) is 26.9 Å². The highest BCUT2D eigenvalue weighted by Gasteiger charge is 2.24. The molecule has 1 aromatic rings. The molecule has 0 radical (unpaired) electrons. The zero-order valence-electron chi connectivity index (χ0n) is 10.3. The summed E-state index contributed by atoms with van der Waals surface area (Å²) < 4.78 is 0. The molecule has 0 unspecified atom stereocenters. The van der Waals surface area contributed by atoms with Crippen molar-refractivity contribution in [3.8, 4) is 0 Å². The van der Waals surface area contributed by atoms with E-state index in [4.69, 9.17) is 0 Å². The van der Waals surface area contributed by atoms with Crippen LogP contribution >= 0.6 is 11.3 Å². The number of rotatable bonds is 4. The van der Waals surface area contributed by atoms with Crippen LogP contribution in [0.4, 0.5) is 5.13 Å². The molecule has 0 aliphatic rings. The molecule has 6 heteroatoms. The van der Waals surface area contributed by atoms with Crippen LogP contribution in [0, 0.1) is 12.8 Å². The Kier molecular flexibility index (Phi) is 4.37. The number of nitrogens with zero attached hydrogens (tertiary/aromatic N) is 3. The van der Waals surface area contributed by atoms with Crippen molar-refractivity contribution in [3.63, 3.8) is 0 Å². The molecule has 90 valence electrons. The highest BCUT2D eigenvalue weighted by atomic mass is 32.1. The van der Waals surface area contributed by atoms with Gasteiger partial charge in [0.25, 0.3) is 0 Å². The fourth-order valence-corrected chi connectivity index (χ4v) is 2.25. The minimum atomic E-state index is -0.149. The van der Waals surface area contributed by atoms with Crippen LogP contribution in [0.15, 0.2) is 0 Å². The molecule has 1 aromatic heterocycles. The minimum absolute atomic E-state index is 0.0313. The van der Waals surface area contributed by atoms with Gasteiger partial charge in [0.2, 0.25) is 11.0 Å². The van der Waals surface area contributed by atoms with Crippen LogP contribution in [0.1, 0.15) is 18.9 Å². The van der Waals surface area contributed by atoms with E-state index in [1.54, 1.807) is 0 Å². The first-order valence-electron chi connectivity index (χ1n) is 5.19. The summed E-state index contributed by atoms with van der Waals surface area (Å²) >= 11 is 1.38. The Labute approximate surface area is 99.9 Å². The molecule has 0 fully saturated rings. The summed E-state index contributed by atoms with van der Waals surface area (Å²) in [5.41, 5.74) is 0. The van der Waals surface area contributed by atoms with E-state index in [0.29, 0.717) is 5.13 Å². The SMILES string of the molecule is Cc1nnc(NC(=O)[C@H](C(C)C)N(C)C)s1. The molecule has 1 N–H and O–H groups in total. The van der Waals surface area contributed by atoms with Crippen molar-refractivity contribution in [2.45, 2.75) is 26.8 Å². The Hall–Kier alpha value is -1.01. The fourth-order valence-electron chi connectivity index (χ4n) is 1.66. The average molecular weight is 242 g/mol. The lowest BCUT2D eigenvalue weighted by Crippen LogP contribution is -2.43. The number of anilines is 1. The van der Waals surface area contributed by atoms with Gasteiger partial charge >= 0.3 is 0 Å². The molecule has 1 atom stereocenters. The van der Waals surface area contributed by atoms with Crippen molar-refractivity contribution in [2.24, 2.45) is 5.92 Å². The van der Waals surface area contributed by atoms with E-state index in [-0.39, 0.29) is 17.9 Å². The van der Waals surface area contributed by atoms with Crippen LogP contribution in [-0.2, 0) is 4.79 Å². The van der Waals surface area contributed by atoms with Crippen molar-refractivity contribution in [1.82, 2.24) is 15.1 Å². The fraction of sp³-hybridized carbons (Fsp3) is 0.700. The van der Waals surface area contributed by atoms with Crippen LogP contribution < -0.4 is 5.32 Å². The number of hydrogen-bond donors (Lipinski definition) is 1. The van der Waals surface area contributed by atoms with E-state index in [1.807, 2.05) is 39.8 Å². The highest BCUT2D eigenvalue weighted by Crippen LogP contribution is 2.16. The van der Waals surface area contributed by atoms with Gasteiger partial charge in [-0.1, -0.05) is 25.2 Å². The van der Waals surface area contributed by atoms with Crippen molar-refractivity contribution in [1.29, 1.82) is 0 Å². The number of nitrogens with one attached hydrogen (secondary N) is 1. The summed E-state index contributed by atoms with van der Waals surface area (Å²) in [5.74, 6) is 0.222. The van der Waals surface area contributed by atoms with Crippen molar-refractivity contribution in [3.05, 3.63) is 5.01 Å². The maximum atomic E-state index is 12.0. The molecular weight excluding hydrogens is 224 g/mol. The molecule has 1 rings (SSSR count). The van der Waals surface area contributed by atoms with Crippen molar-refractivity contribution in [2.75, 3.05) is 19.4 Å². The predicted octanol–water partition coefficient (Wildman–Crippen LogP) is 1.37. The Balaban J connectivity index is 2.69. The first-order valence-corrected chi connectivity index (χ1v) is 6.01. The van der Waals surface area contributed by atoms with Gasteiger partial charge in [-0.15, -0.1) is 10.2 Å². The van der Waals surface area contributed by atoms with Gasteiger partial charge in [0.1, 0.15) is 5.01 Å². The Morgan fingerprint density at radius 1 is 1.38 bits per heavy atom. The topological polar surface area (TPSA) is 58.1 Å². The largest absolute Gasteiger partial charge is 0.299 e. The average Bonchev–Trinajstić information content (AvgIpc) is 2.49. The number of carbonyl (C=O) groups excluding carboxylic acids is 1. The van der Waals surface area contributed by atoms with Crippen LogP contribution in [0.3, 0.4) is 0 Å². The first kappa shape index (κ1) is 13.1. The molecule has 0 aliphatic heterocycles. The van der Waals surface area contributed by atoms with Crippen molar-refractivity contribution < 1.29 is 4.79 Å². The summed E-state index contributed by atoms with van der Waals surface area (Å²) in [6, 6.07) is -0.149. The second-order valence-electron chi connectivity index (χ2n) is 4.27. The van der Waals surface area contributed by atoms with Crippen LogP contribution in [0.5, 0.6) is 0 Å². The summed E-state index contributed by atoms with van der Waals surface area (Å²) in [4.78, 5) is 13.9. The lowest BCUT2D eigenvalue weighted by Gasteiger charge is -2.25. The minimum Gasteiger partial charge on any atom is -0.299 e. The Bertz CT molecular complexity index is 353. The quantitative estimate of drug-likeness (QED) is 0.866. The van der Waals surface area contributed by atoms with Crippen LogP contribution in [0.25, 0.3) is 0 Å². The normalized spacial score (nSPS) is 13.2. The van der Waals surface area contributed by atoms with Gasteiger partial charge in [-0.2, -0.15) is 0 Å². The van der Waals surface area contributed by atoms with E-state index >= 15 is 0 Å². The second kappa shape index (κ2) is 5.36. The molecule has 0 aromatic carbocycles.